The molecular formula is C11H21N5O2. The molecule has 2 N–H and O–H groups in total. The van der Waals surface area contributed by atoms with E-state index >= 15 is 0 Å². The van der Waals surface area contributed by atoms with E-state index in [9.17, 15) is 0 Å². The van der Waals surface area contributed by atoms with Gasteiger partial charge in [-0.1, -0.05) is 0 Å². The lowest BCUT2D eigenvalue weighted by Crippen LogP contribution is -2.21. The molecule has 1 atom stereocenters. The third kappa shape index (κ3) is 4.70. The van der Waals surface area contributed by atoms with Crippen LogP contribution in [0.15, 0.2) is 0 Å². The topological polar surface area (TPSA) is 81.2 Å². The van der Waals surface area contributed by atoms with E-state index in [2.05, 4.69) is 25.6 Å². The first-order valence-corrected chi connectivity index (χ1v) is 6.09. The van der Waals surface area contributed by atoms with E-state index < -0.39 is 0 Å². The van der Waals surface area contributed by atoms with Gasteiger partial charge in [0.2, 0.25) is 11.9 Å². The van der Waals surface area contributed by atoms with E-state index in [1.54, 1.807) is 0 Å². The molecule has 0 amide bonds. The maximum atomic E-state index is 5.42. The van der Waals surface area contributed by atoms with Gasteiger partial charge in [0.05, 0.1) is 13.2 Å². The summed E-state index contributed by atoms with van der Waals surface area (Å²) >= 11 is 0. The van der Waals surface area contributed by atoms with Crippen molar-refractivity contribution in [2.45, 2.75) is 26.9 Å². The van der Waals surface area contributed by atoms with Gasteiger partial charge in [-0.3, -0.25) is 0 Å². The van der Waals surface area contributed by atoms with Crippen molar-refractivity contribution in [3.63, 3.8) is 0 Å². The van der Waals surface area contributed by atoms with E-state index in [1.165, 1.54) is 7.11 Å². The quantitative estimate of drug-likeness (QED) is 0.721. The minimum absolute atomic E-state index is 0.0975. The number of ether oxygens (including phenoxy) is 2. The van der Waals surface area contributed by atoms with Crippen molar-refractivity contribution < 1.29 is 9.47 Å². The highest BCUT2D eigenvalue weighted by atomic mass is 16.5. The van der Waals surface area contributed by atoms with E-state index in [1.807, 2.05) is 20.8 Å². The average molecular weight is 255 g/mol. The predicted molar refractivity (Wildman–Crippen MR) is 70.1 cm³/mol. The van der Waals surface area contributed by atoms with Gasteiger partial charge < -0.3 is 20.1 Å². The van der Waals surface area contributed by atoms with Crippen LogP contribution in [-0.4, -0.2) is 47.9 Å². The Balaban J connectivity index is 2.65. The van der Waals surface area contributed by atoms with Crippen LogP contribution in [0.2, 0.25) is 0 Å². The molecule has 0 saturated heterocycles. The van der Waals surface area contributed by atoms with Crippen molar-refractivity contribution in [2.75, 3.05) is 37.4 Å². The Morgan fingerprint density at radius 2 is 1.78 bits per heavy atom. The van der Waals surface area contributed by atoms with E-state index in [4.69, 9.17) is 9.47 Å². The van der Waals surface area contributed by atoms with Gasteiger partial charge in [-0.15, -0.1) is 0 Å². The third-order valence-electron chi connectivity index (χ3n) is 2.13. The molecule has 0 radical (unpaired) electrons. The average Bonchev–Trinajstić information content (AvgIpc) is 2.37. The number of methoxy groups -OCH3 is 1. The minimum Gasteiger partial charge on any atom is -0.467 e. The number of nitrogens with one attached hydrogen (secondary N) is 2. The lowest BCUT2D eigenvalue weighted by Gasteiger charge is -2.13. The standard InChI is InChI=1S/C11H21N5O2/c1-5-12-9-14-10(16-11(15-9)17-4)13-7-8(3)18-6-2/h8H,5-7H2,1-4H3,(H2,12,13,14,15,16). The van der Waals surface area contributed by atoms with Gasteiger partial charge in [-0.25, -0.2) is 0 Å². The molecule has 18 heavy (non-hydrogen) atoms. The Kier molecular flexibility index (Phi) is 6.13. The minimum atomic E-state index is 0.0975. The Morgan fingerprint density at radius 3 is 2.33 bits per heavy atom. The summed E-state index contributed by atoms with van der Waals surface area (Å²) in [6.45, 7) is 7.98. The molecule has 0 aliphatic rings. The van der Waals surface area contributed by atoms with Crippen LogP contribution in [0.1, 0.15) is 20.8 Å². The fourth-order valence-electron chi connectivity index (χ4n) is 1.34. The van der Waals surface area contributed by atoms with Gasteiger partial charge in [0.1, 0.15) is 0 Å². The molecule has 102 valence electrons. The summed E-state index contributed by atoms with van der Waals surface area (Å²) in [6, 6.07) is 0.285. The molecule has 1 aromatic heterocycles. The highest BCUT2D eigenvalue weighted by Gasteiger charge is 2.07. The Bertz CT molecular complexity index is 361. The molecule has 0 spiro atoms. The molecule has 0 aliphatic heterocycles. The van der Waals surface area contributed by atoms with Gasteiger partial charge in [0.25, 0.3) is 0 Å². The molecule has 1 aromatic rings. The lowest BCUT2D eigenvalue weighted by molar-refractivity contribution is 0.0854. The van der Waals surface area contributed by atoms with Crippen molar-refractivity contribution in [3.05, 3.63) is 0 Å². The maximum Gasteiger partial charge on any atom is 0.322 e. The Labute approximate surface area is 107 Å². The first kappa shape index (κ1) is 14.4. The number of aromatic nitrogens is 3. The molecule has 1 unspecified atom stereocenters. The fraction of sp³-hybridized carbons (Fsp3) is 0.727. The Hall–Kier alpha value is -1.63. The summed E-state index contributed by atoms with van der Waals surface area (Å²) in [4.78, 5) is 12.4. The second kappa shape index (κ2) is 7.65. The molecule has 0 bridgehead atoms. The van der Waals surface area contributed by atoms with Crippen molar-refractivity contribution in [3.8, 4) is 6.01 Å². The second-order valence-corrected chi connectivity index (χ2v) is 3.65. The summed E-state index contributed by atoms with van der Waals surface area (Å²) in [6.07, 6.45) is 0.0975. The zero-order valence-electron chi connectivity index (χ0n) is 11.4. The number of rotatable bonds is 8. The number of hydrogen-bond donors (Lipinski definition) is 2. The molecule has 0 saturated carbocycles. The van der Waals surface area contributed by atoms with Gasteiger partial charge in [0.15, 0.2) is 0 Å². The summed E-state index contributed by atoms with van der Waals surface area (Å²) in [7, 11) is 1.53. The van der Waals surface area contributed by atoms with Crippen molar-refractivity contribution in [1.29, 1.82) is 0 Å². The van der Waals surface area contributed by atoms with Crippen LogP contribution in [0.25, 0.3) is 0 Å². The first-order chi connectivity index (χ1) is 8.69. The number of anilines is 2. The lowest BCUT2D eigenvalue weighted by atomic mass is 10.4. The highest BCUT2D eigenvalue weighted by Crippen LogP contribution is 2.10. The number of hydrogen-bond acceptors (Lipinski definition) is 7. The summed E-state index contributed by atoms with van der Waals surface area (Å²) in [5, 5.41) is 6.12. The van der Waals surface area contributed by atoms with E-state index in [-0.39, 0.29) is 12.1 Å². The fourth-order valence-corrected chi connectivity index (χ4v) is 1.34. The van der Waals surface area contributed by atoms with E-state index in [0.29, 0.717) is 25.0 Å². The second-order valence-electron chi connectivity index (χ2n) is 3.65. The normalized spacial score (nSPS) is 12.0. The first-order valence-electron chi connectivity index (χ1n) is 6.09. The summed E-state index contributed by atoms with van der Waals surface area (Å²) in [5.74, 6) is 0.972. The van der Waals surface area contributed by atoms with E-state index in [0.717, 1.165) is 6.54 Å². The SMILES string of the molecule is CCNc1nc(NCC(C)OCC)nc(OC)n1. The molecule has 0 aliphatic carbocycles. The molecule has 0 aromatic carbocycles. The molecule has 0 fully saturated rings. The van der Waals surface area contributed by atoms with Crippen LogP contribution in [0, 0.1) is 0 Å². The van der Waals surface area contributed by atoms with Crippen LogP contribution in [0.3, 0.4) is 0 Å². The molecular weight excluding hydrogens is 234 g/mol. The molecule has 1 heterocycles. The van der Waals surface area contributed by atoms with Crippen LogP contribution in [0.5, 0.6) is 6.01 Å². The largest absolute Gasteiger partial charge is 0.467 e. The molecule has 1 rings (SSSR count). The van der Waals surface area contributed by atoms with Crippen molar-refractivity contribution in [1.82, 2.24) is 15.0 Å². The Morgan fingerprint density at radius 1 is 1.11 bits per heavy atom. The summed E-state index contributed by atoms with van der Waals surface area (Å²) < 4.78 is 10.4. The van der Waals surface area contributed by atoms with Gasteiger partial charge in [-0.05, 0) is 20.8 Å². The highest BCUT2D eigenvalue weighted by molar-refractivity contribution is 5.35. The predicted octanol–water partition coefficient (Wildman–Crippen LogP) is 1.15. The zero-order chi connectivity index (χ0) is 13.4. The zero-order valence-corrected chi connectivity index (χ0v) is 11.4. The number of nitrogens with zero attached hydrogens (tertiary/aromatic N) is 3. The van der Waals surface area contributed by atoms with Crippen molar-refractivity contribution in [2.24, 2.45) is 0 Å². The smallest absolute Gasteiger partial charge is 0.322 e. The van der Waals surface area contributed by atoms with Crippen LogP contribution in [-0.2, 0) is 4.74 Å². The van der Waals surface area contributed by atoms with Crippen LogP contribution < -0.4 is 15.4 Å². The molecule has 7 heteroatoms. The van der Waals surface area contributed by atoms with Crippen molar-refractivity contribution >= 4 is 11.9 Å². The van der Waals surface area contributed by atoms with Gasteiger partial charge in [0, 0.05) is 19.7 Å². The monoisotopic (exact) mass is 255 g/mol. The maximum absolute atomic E-state index is 5.42. The van der Waals surface area contributed by atoms with Gasteiger partial charge in [-0.2, -0.15) is 15.0 Å². The molecule has 7 nitrogen and oxygen atoms in total. The third-order valence-corrected chi connectivity index (χ3v) is 2.13. The van der Waals surface area contributed by atoms with Gasteiger partial charge >= 0.3 is 6.01 Å². The summed E-state index contributed by atoms with van der Waals surface area (Å²) in [5.41, 5.74) is 0. The van der Waals surface area contributed by atoms with Crippen LogP contribution in [0.4, 0.5) is 11.9 Å². The van der Waals surface area contributed by atoms with Crippen LogP contribution >= 0.6 is 0 Å².